The number of benzene rings is 3. The van der Waals surface area contributed by atoms with Gasteiger partial charge in [-0.25, -0.2) is 0 Å². The molecule has 6 heteroatoms. The number of nitrogens with zero attached hydrogens (tertiary/aromatic N) is 1. The lowest BCUT2D eigenvalue weighted by atomic mass is 10.00. The van der Waals surface area contributed by atoms with E-state index in [2.05, 4.69) is 21.2 Å². The molecule has 0 fully saturated rings. The minimum absolute atomic E-state index is 0.0881. The van der Waals surface area contributed by atoms with Crippen molar-refractivity contribution in [2.24, 2.45) is 0 Å². The normalized spacial score (nSPS) is 12.1. The van der Waals surface area contributed by atoms with Crippen molar-refractivity contribution in [2.75, 3.05) is 0 Å². The molecule has 1 atom stereocenters. The predicted molar refractivity (Wildman–Crippen MR) is 146 cm³/mol. The molecule has 3 aromatic carbocycles. The molecule has 0 radical (unpaired) electrons. The van der Waals surface area contributed by atoms with E-state index >= 15 is 0 Å². The number of carbonyl (C=O) groups excluding carboxylic acids is 2. The van der Waals surface area contributed by atoms with Crippen LogP contribution in [0.2, 0.25) is 5.02 Å². The largest absolute Gasteiger partial charge is 0.350 e. The molecule has 0 aromatic heterocycles. The van der Waals surface area contributed by atoms with Gasteiger partial charge in [-0.1, -0.05) is 88.2 Å². The molecule has 3 rings (SSSR count). The van der Waals surface area contributed by atoms with E-state index in [0.717, 1.165) is 21.2 Å². The number of carbonyl (C=O) groups is 2. The van der Waals surface area contributed by atoms with E-state index in [1.165, 1.54) is 0 Å². The first-order chi connectivity index (χ1) is 16.6. The van der Waals surface area contributed by atoms with Gasteiger partial charge in [0.1, 0.15) is 6.04 Å². The molecular formula is C29H32BrClN2O2. The maximum atomic E-state index is 13.7. The summed E-state index contributed by atoms with van der Waals surface area (Å²) in [6, 6.07) is 24.6. The molecule has 0 spiro atoms. The van der Waals surface area contributed by atoms with Crippen molar-refractivity contribution < 1.29 is 9.59 Å². The Balaban J connectivity index is 1.94. The van der Waals surface area contributed by atoms with Crippen LogP contribution in [0.4, 0.5) is 0 Å². The van der Waals surface area contributed by atoms with Gasteiger partial charge in [0, 0.05) is 34.4 Å². The molecule has 1 N–H and O–H groups in total. The molecule has 0 saturated carbocycles. The molecule has 35 heavy (non-hydrogen) atoms. The quantitative estimate of drug-likeness (QED) is 0.324. The second-order valence-corrected chi connectivity index (χ2v) is 11.0. The Morgan fingerprint density at radius 1 is 0.943 bits per heavy atom. The summed E-state index contributed by atoms with van der Waals surface area (Å²) < 4.78 is 0.928. The highest BCUT2D eigenvalue weighted by atomic mass is 79.9. The second kappa shape index (κ2) is 12.4. The summed E-state index contributed by atoms with van der Waals surface area (Å²) in [6.07, 6.45) is 1.19. The summed E-state index contributed by atoms with van der Waals surface area (Å²) in [4.78, 5) is 29.0. The fraction of sp³-hybridized carbons (Fsp3) is 0.310. The number of hydrogen-bond acceptors (Lipinski definition) is 2. The van der Waals surface area contributed by atoms with Crippen molar-refractivity contribution >= 4 is 39.3 Å². The van der Waals surface area contributed by atoms with Gasteiger partial charge in [0.15, 0.2) is 0 Å². The molecule has 0 bridgehead atoms. The van der Waals surface area contributed by atoms with Crippen LogP contribution < -0.4 is 5.32 Å². The summed E-state index contributed by atoms with van der Waals surface area (Å²) >= 11 is 9.85. The minimum atomic E-state index is -0.658. The number of nitrogens with one attached hydrogen (secondary N) is 1. The Morgan fingerprint density at radius 2 is 1.60 bits per heavy atom. The van der Waals surface area contributed by atoms with Crippen molar-refractivity contribution in [1.29, 1.82) is 0 Å². The van der Waals surface area contributed by atoms with Crippen LogP contribution in [0.3, 0.4) is 0 Å². The number of rotatable bonds is 9. The fourth-order valence-corrected chi connectivity index (χ4v) is 4.60. The Morgan fingerprint density at radius 3 is 2.26 bits per heavy atom. The highest BCUT2D eigenvalue weighted by molar-refractivity contribution is 9.10. The third-order valence-electron chi connectivity index (χ3n) is 5.58. The molecule has 1 unspecified atom stereocenters. The van der Waals surface area contributed by atoms with Crippen molar-refractivity contribution in [2.45, 2.75) is 58.2 Å². The van der Waals surface area contributed by atoms with E-state index in [4.69, 9.17) is 11.6 Å². The third-order valence-corrected chi connectivity index (χ3v) is 6.44. The van der Waals surface area contributed by atoms with Crippen molar-refractivity contribution in [3.63, 3.8) is 0 Å². The zero-order valence-electron chi connectivity index (χ0n) is 20.4. The monoisotopic (exact) mass is 554 g/mol. The molecule has 0 aliphatic rings. The van der Waals surface area contributed by atoms with Crippen LogP contribution in [0.1, 0.15) is 43.9 Å². The lowest BCUT2D eigenvalue weighted by molar-refractivity contribution is -0.141. The zero-order chi connectivity index (χ0) is 25.4. The molecule has 0 aliphatic carbocycles. The molecule has 184 valence electrons. The van der Waals surface area contributed by atoms with E-state index in [1.54, 1.807) is 4.90 Å². The highest BCUT2D eigenvalue weighted by Crippen LogP contribution is 2.21. The summed E-state index contributed by atoms with van der Waals surface area (Å²) in [7, 11) is 0. The van der Waals surface area contributed by atoms with E-state index in [1.807, 2.05) is 99.6 Å². The molecule has 3 aromatic rings. The van der Waals surface area contributed by atoms with Crippen molar-refractivity contribution in [1.82, 2.24) is 10.2 Å². The minimum Gasteiger partial charge on any atom is -0.350 e. The smallest absolute Gasteiger partial charge is 0.243 e. The van der Waals surface area contributed by atoms with Gasteiger partial charge in [-0.3, -0.25) is 9.59 Å². The van der Waals surface area contributed by atoms with E-state index in [0.29, 0.717) is 24.4 Å². The standard InChI is InChI=1S/C29H32BrClN2O2/c1-29(2,3)32-28(35)26(19-21-10-5-4-6-11-21)33(20-22-12-9-14-24(30)18-22)27(34)17-16-23-13-7-8-15-25(23)31/h4-15,18,26H,16-17,19-20H2,1-3H3,(H,32,35). The first kappa shape index (κ1) is 27.0. The van der Waals surface area contributed by atoms with E-state index in [9.17, 15) is 9.59 Å². The van der Waals surface area contributed by atoms with Crippen LogP contribution in [0.25, 0.3) is 0 Å². The summed E-state index contributed by atoms with van der Waals surface area (Å²) in [6.45, 7) is 6.17. The molecule has 0 heterocycles. The van der Waals surface area contributed by atoms with Crippen LogP contribution in [0.15, 0.2) is 83.3 Å². The summed E-state index contributed by atoms with van der Waals surface area (Å²) in [5.74, 6) is -0.252. The molecule has 2 amide bonds. The average Bonchev–Trinajstić information content (AvgIpc) is 2.80. The van der Waals surface area contributed by atoms with Crippen molar-refractivity contribution in [3.8, 4) is 0 Å². The first-order valence-corrected chi connectivity index (χ1v) is 12.9. The molecule has 0 saturated heterocycles. The van der Waals surface area contributed by atoms with Gasteiger partial charge in [0.25, 0.3) is 0 Å². The van der Waals surface area contributed by atoms with Crippen LogP contribution >= 0.6 is 27.5 Å². The van der Waals surface area contributed by atoms with Gasteiger partial charge in [-0.05, 0) is 62.1 Å². The summed E-state index contributed by atoms with van der Waals surface area (Å²) in [5, 5.41) is 3.74. The lowest BCUT2D eigenvalue weighted by Gasteiger charge is -2.34. The van der Waals surface area contributed by atoms with Crippen molar-refractivity contribution in [3.05, 3.63) is 105 Å². The van der Waals surface area contributed by atoms with Gasteiger partial charge in [-0.15, -0.1) is 0 Å². The highest BCUT2D eigenvalue weighted by Gasteiger charge is 2.32. The Labute approximate surface area is 221 Å². The van der Waals surface area contributed by atoms with Crippen LogP contribution in [0.5, 0.6) is 0 Å². The Kier molecular flexibility index (Phi) is 9.53. The van der Waals surface area contributed by atoms with Crippen LogP contribution in [-0.2, 0) is 29.0 Å². The number of hydrogen-bond donors (Lipinski definition) is 1. The Bertz CT molecular complexity index is 1140. The summed E-state index contributed by atoms with van der Waals surface area (Å²) in [5.41, 5.74) is 2.45. The third kappa shape index (κ3) is 8.52. The first-order valence-electron chi connectivity index (χ1n) is 11.8. The maximum absolute atomic E-state index is 13.7. The van der Waals surface area contributed by atoms with Gasteiger partial charge in [0.2, 0.25) is 11.8 Å². The van der Waals surface area contributed by atoms with Gasteiger partial charge < -0.3 is 10.2 Å². The SMILES string of the molecule is CC(C)(C)NC(=O)C(Cc1ccccc1)N(Cc1cccc(Br)c1)C(=O)CCc1ccccc1Cl. The number of amides is 2. The van der Waals surface area contributed by atoms with Crippen LogP contribution in [-0.4, -0.2) is 28.3 Å². The van der Waals surface area contributed by atoms with Crippen LogP contribution in [0, 0.1) is 0 Å². The Hall–Kier alpha value is -2.63. The zero-order valence-corrected chi connectivity index (χ0v) is 22.8. The molecule has 0 aliphatic heterocycles. The lowest BCUT2D eigenvalue weighted by Crippen LogP contribution is -2.54. The van der Waals surface area contributed by atoms with Gasteiger partial charge in [0.05, 0.1) is 0 Å². The number of halogens is 2. The second-order valence-electron chi connectivity index (χ2n) is 9.69. The topological polar surface area (TPSA) is 49.4 Å². The molecular weight excluding hydrogens is 524 g/mol. The van der Waals surface area contributed by atoms with E-state index in [-0.39, 0.29) is 18.2 Å². The van der Waals surface area contributed by atoms with Gasteiger partial charge in [-0.2, -0.15) is 0 Å². The maximum Gasteiger partial charge on any atom is 0.243 e. The molecule has 4 nitrogen and oxygen atoms in total. The fourth-order valence-electron chi connectivity index (χ4n) is 3.93. The average molecular weight is 556 g/mol. The predicted octanol–water partition coefficient (Wildman–Crippen LogP) is 6.59. The number of aryl methyl sites for hydroxylation is 1. The van der Waals surface area contributed by atoms with E-state index < -0.39 is 11.6 Å². The van der Waals surface area contributed by atoms with Gasteiger partial charge >= 0.3 is 0 Å².